The van der Waals surface area contributed by atoms with E-state index in [1.807, 2.05) is 36.4 Å². The van der Waals surface area contributed by atoms with E-state index >= 15 is 0 Å². The number of ether oxygens (including phenoxy) is 2. The molecule has 1 N–H and O–H groups in total. The number of alkyl halides is 3. The molecule has 0 unspecified atom stereocenters. The second-order valence-electron chi connectivity index (χ2n) is 6.89. The highest BCUT2D eigenvalue weighted by Gasteiger charge is 2.25. The number of rotatable bonds is 4. The molecule has 3 rings (SSSR count). The van der Waals surface area contributed by atoms with Gasteiger partial charge in [0.25, 0.3) is 0 Å². The largest absolute Gasteiger partial charge is 0.497 e. The standard InChI is InChI=1S/C21H22N2O3.C2HF3O/c1-13-10-16-11-19(25-4)12-20(26-5)21(16)14(2)23(13)18-8-6-17(7-9-18)22-15(3)24;3-2(4,5)1-6/h6-12H,1-5H3;1H/p+1. The second kappa shape index (κ2) is 10.1. The minimum absolute atomic E-state index is 0.0813. The number of aromatic nitrogens is 1. The second-order valence-corrected chi connectivity index (χ2v) is 6.89. The van der Waals surface area contributed by atoms with Gasteiger partial charge in [0.15, 0.2) is 11.4 Å². The predicted molar refractivity (Wildman–Crippen MR) is 114 cm³/mol. The van der Waals surface area contributed by atoms with Crippen molar-refractivity contribution >= 4 is 28.7 Å². The van der Waals surface area contributed by atoms with Crippen molar-refractivity contribution in [1.82, 2.24) is 0 Å². The van der Waals surface area contributed by atoms with E-state index in [1.54, 1.807) is 14.2 Å². The fourth-order valence-electron chi connectivity index (χ4n) is 3.35. The molecule has 1 aromatic heterocycles. The average molecular weight is 449 g/mol. The third kappa shape index (κ3) is 5.96. The van der Waals surface area contributed by atoms with Crippen molar-refractivity contribution in [2.75, 3.05) is 19.5 Å². The lowest BCUT2D eigenvalue weighted by Crippen LogP contribution is -2.37. The Morgan fingerprint density at radius 3 is 2.09 bits per heavy atom. The maximum absolute atomic E-state index is 11.2. The lowest BCUT2D eigenvalue weighted by molar-refractivity contribution is -0.607. The number of nitrogens with zero attached hydrogens (tertiary/aromatic N) is 1. The number of halogens is 3. The van der Waals surface area contributed by atoms with Crippen LogP contribution in [0.2, 0.25) is 0 Å². The molecule has 1 amide bonds. The smallest absolute Gasteiger partial charge is 0.446 e. The molecule has 0 aliphatic heterocycles. The average Bonchev–Trinajstić information content (AvgIpc) is 2.73. The number of benzene rings is 2. The topological polar surface area (TPSA) is 68.5 Å². The van der Waals surface area contributed by atoms with Crippen LogP contribution in [0.25, 0.3) is 16.5 Å². The molecule has 2 aromatic carbocycles. The highest BCUT2D eigenvalue weighted by molar-refractivity contribution is 5.91. The molecule has 0 saturated carbocycles. The molecule has 32 heavy (non-hydrogen) atoms. The summed E-state index contributed by atoms with van der Waals surface area (Å²) < 4.78 is 44.4. The van der Waals surface area contributed by atoms with Gasteiger partial charge in [0, 0.05) is 56.1 Å². The van der Waals surface area contributed by atoms with Gasteiger partial charge in [-0.1, -0.05) is 0 Å². The van der Waals surface area contributed by atoms with Crippen molar-refractivity contribution in [2.24, 2.45) is 0 Å². The van der Waals surface area contributed by atoms with Gasteiger partial charge >= 0.3 is 6.18 Å². The summed E-state index contributed by atoms with van der Waals surface area (Å²) in [4.78, 5) is 19.9. The molecule has 0 radical (unpaired) electrons. The first-order chi connectivity index (χ1) is 15.0. The Bertz CT molecular complexity index is 1130. The van der Waals surface area contributed by atoms with Gasteiger partial charge in [-0.25, -0.2) is 0 Å². The zero-order valence-electron chi connectivity index (χ0n) is 18.3. The number of pyridine rings is 1. The summed E-state index contributed by atoms with van der Waals surface area (Å²) in [6.45, 7) is 5.65. The number of aldehydes is 1. The Morgan fingerprint density at radius 2 is 1.62 bits per heavy atom. The summed E-state index contributed by atoms with van der Waals surface area (Å²) in [5.74, 6) is 1.47. The number of aryl methyl sites for hydroxylation is 2. The number of amides is 1. The van der Waals surface area contributed by atoms with Gasteiger partial charge in [0.2, 0.25) is 17.9 Å². The third-order valence-corrected chi connectivity index (χ3v) is 4.56. The molecule has 0 aliphatic rings. The fraction of sp³-hybridized carbons (Fsp3) is 0.261. The minimum Gasteiger partial charge on any atom is -0.497 e. The zero-order valence-corrected chi connectivity index (χ0v) is 18.3. The van der Waals surface area contributed by atoms with Crippen molar-refractivity contribution in [3.8, 4) is 17.2 Å². The Morgan fingerprint density at radius 1 is 1.03 bits per heavy atom. The quantitative estimate of drug-likeness (QED) is 0.472. The van der Waals surface area contributed by atoms with Crippen molar-refractivity contribution in [2.45, 2.75) is 26.9 Å². The first-order valence-electron chi connectivity index (χ1n) is 9.49. The van der Waals surface area contributed by atoms with Crippen LogP contribution in [0.4, 0.5) is 18.9 Å². The normalized spacial score (nSPS) is 10.8. The third-order valence-electron chi connectivity index (χ3n) is 4.56. The molecule has 0 aliphatic carbocycles. The number of fused-ring (bicyclic) bond motifs is 1. The number of carbonyl (C=O) groups excluding carboxylic acids is 2. The summed E-state index contributed by atoms with van der Waals surface area (Å²) in [6.07, 6.45) is -5.70. The van der Waals surface area contributed by atoms with Crippen molar-refractivity contribution in [1.29, 1.82) is 0 Å². The Labute approximate surface area is 183 Å². The lowest BCUT2D eigenvalue weighted by atomic mass is 10.1. The van der Waals surface area contributed by atoms with Gasteiger partial charge in [-0.15, -0.1) is 0 Å². The van der Waals surface area contributed by atoms with E-state index in [0.29, 0.717) is 0 Å². The number of nitrogens with one attached hydrogen (secondary N) is 1. The van der Waals surface area contributed by atoms with Crippen molar-refractivity contribution < 1.29 is 36.8 Å². The number of hydrogen-bond donors (Lipinski definition) is 1. The Kier molecular flexibility index (Phi) is 7.80. The molecule has 0 atom stereocenters. The zero-order chi connectivity index (χ0) is 24.1. The minimum atomic E-state index is -4.64. The van der Waals surface area contributed by atoms with E-state index in [4.69, 9.17) is 14.3 Å². The molecule has 3 aromatic rings. The van der Waals surface area contributed by atoms with Crippen molar-refractivity contribution in [3.05, 3.63) is 53.9 Å². The molecule has 0 fully saturated rings. The molecule has 9 heteroatoms. The van der Waals surface area contributed by atoms with Crippen LogP contribution < -0.4 is 19.4 Å². The molecule has 6 nitrogen and oxygen atoms in total. The van der Waals surface area contributed by atoms with Gasteiger partial charge in [-0.3, -0.25) is 9.59 Å². The lowest BCUT2D eigenvalue weighted by Gasteiger charge is -2.12. The van der Waals surface area contributed by atoms with Crippen LogP contribution in [-0.2, 0) is 9.59 Å². The summed E-state index contributed by atoms with van der Waals surface area (Å²) in [7, 11) is 3.32. The summed E-state index contributed by atoms with van der Waals surface area (Å²) in [6, 6.07) is 13.8. The highest BCUT2D eigenvalue weighted by atomic mass is 19.4. The van der Waals surface area contributed by atoms with E-state index in [1.165, 1.54) is 6.92 Å². The summed E-state index contributed by atoms with van der Waals surface area (Å²) >= 11 is 0. The van der Waals surface area contributed by atoms with E-state index < -0.39 is 12.5 Å². The van der Waals surface area contributed by atoms with Crippen molar-refractivity contribution in [3.63, 3.8) is 0 Å². The first kappa shape index (κ1) is 24.6. The van der Waals surface area contributed by atoms with E-state index in [0.717, 1.165) is 45.0 Å². The van der Waals surface area contributed by atoms with Gasteiger partial charge in [-0.05, 0) is 18.2 Å². The molecule has 170 valence electrons. The predicted octanol–water partition coefficient (Wildman–Crippen LogP) is 4.46. The number of carbonyl (C=O) groups is 2. The molecule has 0 spiro atoms. The Hall–Kier alpha value is -3.62. The van der Waals surface area contributed by atoms with Crippen LogP contribution in [0.1, 0.15) is 18.3 Å². The van der Waals surface area contributed by atoms with Gasteiger partial charge < -0.3 is 14.8 Å². The van der Waals surface area contributed by atoms with Gasteiger partial charge in [0.1, 0.15) is 11.5 Å². The van der Waals surface area contributed by atoms with E-state index in [2.05, 4.69) is 29.8 Å². The van der Waals surface area contributed by atoms with E-state index in [-0.39, 0.29) is 5.91 Å². The Balaban J connectivity index is 0.000000534. The van der Waals surface area contributed by atoms with Crippen LogP contribution in [0.15, 0.2) is 42.5 Å². The van der Waals surface area contributed by atoms with Crippen LogP contribution >= 0.6 is 0 Å². The maximum atomic E-state index is 11.2. The monoisotopic (exact) mass is 449 g/mol. The highest BCUT2D eigenvalue weighted by Crippen LogP contribution is 2.33. The molecule has 1 heterocycles. The molecular weight excluding hydrogens is 425 g/mol. The molecular formula is C23H24F3N2O4+. The maximum Gasteiger partial charge on any atom is 0.446 e. The number of hydrogen-bond acceptors (Lipinski definition) is 4. The van der Waals surface area contributed by atoms with Crippen LogP contribution in [0.5, 0.6) is 11.5 Å². The first-order valence-corrected chi connectivity index (χ1v) is 9.49. The van der Waals surface area contributed by atoms with Crippen LogP contribution in [0.3, 0.4) is 0 Å². The molecule has 0 bridgehead atoms. The molecule has 0 saturated heterocycles. The number of methoxy groups -OCH3 is 2. The number of anilines is 1. The van der Waals surface area contributed by atoms with E-state index in [9.17, 15) is 18.0 Å². The van der Waals surface area contributed by atoms with Gasteiger partial charge in [-0.2, -0.15) is 17.7 Å². The summed E-state index contributed by atoms with van der Waals surface area (Å²) in [5.41, 5.74) is 3.97. The SMILES string of the molecule is COc1cc(OC)c2c(C)[n+](-c3ccc(NC(C)=O)cc3)c(C)cc2c1.O=CC(F)(F)F. The fourth-order valence-corrected chi connectivity index (χ4v) is 3.35. The van der Waals surface area contributed by atoms with Crippen LogP contribution in [0, 0.1) is 13.8 Å². The van der Waals surface area contributed by atoms with Crippen LogP contribution in [-0.4, -0.2) is 32.6 Å². The van der Waals surface area contributed by atoms with Gasteiger partial charge in [0.05, 0.1) is 19.6 Å². The summed E-state index contributed by atoms with van der Waals surface area (Å²) in [5, 5.41) is 4.91.